The number of hydrazine groups is 1. The van der Waals surface area contributed by atoms with Gasteiger partial charge < -0.3 is 4.90 Å². The lowest BCUT2D eigenvalue weighted by molar-refractivity contribution is 0.605. The fraction of sp³-hybridized carbons (Fsp3) is 0.200. The van der Waals surface area contributed by atoms with Crippen molar-refractivity contribution in [3.63, 3.8) is 0 Å². The lowest BCUT2D eigenvalue weighted by Gasteiger charge is -2.21. The van der Waals surface area contributed by atoms with Gasteiger partial charge in [-0.25, -0.2) is 9.82 Å². The molecule has 0 aromatic heterocycles. The summed E-state index contributed by atoms with van der Waals surface area (Å²) in [5.74, 6) is 5.30. The van der Waals surface area contributed by atoms with E-state index < -0.39 is 0 Å². The number of hydrogen-bond acceptors (Lipinski definition) is 3. The summed E-state index contributed by atoms with van der Waals surface area (Å²) in [7, 11) is 3.91. The molecule has 0 radical (unpaired) electrons. The molecule has 0 aliphatic heterocycles. The first-order chi connectivity index (χ1) is 9.52. The van der Waals surface area contributed by atoms with Gasteiger partial charge in [0.2, 0.25) is 0 Å². The van der Waals surface area contributed by atoms with Crippen LogP contribution in [0.15, 0.2) is 42.5 Å². The zero-order valence-corrected chi connectivity index (χ0v) is 12.2. The largest absolute Gasteiger partial charge is 0.378 e. The van der Waals surface area contributed by atoms with Gasteiger partial charge in [-0.2, -0.15) is 0 Å². The molecule has 1 atom stereocenters. The second-order valence-corrected chi connectivity index (χ2v) is 5.16. The molecule has 3 N–H and O–H groups in total. The summed E-state index contributed by atoms with van der Waals surface area (Å²) in [5.41, 5.74) is 5.27. The average molecular weight is 294 g/mol. The predicted octanol–water partition coefficient (Wildman–Crippen LogP) is 3.10. The summed E-state index contributed by atoms with van der Waals surface area (Å²) in [6, 6.07) is 11.7. The van der Waals surface area contributed by atoms with E-state index in [2.05, 4.69) is 5.43 Å². The van der Waals surface area contributed by atoms with Crippen LogP contribution in [-0.4, -0.2) is 14.1 Å². The van der Waals surface area contributed by atoms with Gasteiger partial charge in [0.15, 0.2) is 0 Å². The number of anilines is 1. The van der Waals surface area contributed by atoms with Crippen molar-refractivity contribution < 1.29 is 4.39 Å². The molecule has 2 aromatic carbocycles. The minimum atomic E-state index is -0.363. The Labute approximate surface area is 123 Å². The maximum Gasteiger partial charge on any atom is 0.123 e. The van der Waals surface area contributed by atoms with Crippen LogP contribution >= 0.6 is 11.6 Å². The van der Waals surface area contributed by atoms with Crippen LogP contribution in [0.1, 0.15) is 17.2 Å². The molecule has 0 spiro atoms. The van der Waals surface area contributed by atoms with E-state index in [1.807, 2.05) is 43.3 Å². The molecule has 0 saturated heterocycles. The average Bonchev–Trinajstić information content (AvgIpc) is 2.44. The number of nitrogens with two attached hydrogens (primary N) is 1. The first kappa shape index (κ1) is 14.8. The van der Waals surface area contributed by atoms with Gasteiger partial charge in [0.1, 0.15) is 5.82 Å². The summed E-state index contributed by atoms with van der Waals surface area (Å²) in [6.45, 7) is 0. The van der Waals surface area contributed by atoms with Gasteiger partial charge >= 0.3 is 0 Å². The first-order valence-electron chi connectivity index (χ1n) is 6.21. The topological polar surface area (TPSA) is 41.3 Å². The van der Waals surface area contributed by atoms with E-state index in [-0.39, 0.29) is 11.9 Å². The summed E-state index contributed by atoms with van der Waals surface area (Å²) in [6.07, 6.45) is 0. The Bertz CT molecular complexity index is 601. The molecule has 1 unspecified atom stereocenters. The fourth-order valence-corrected chi connectivity index (χ4v) is 2.31. The van der Waals surface area contributed by atoms with Crippen LogP contribution in [-0.2, 0) is 0 Å². The Morgan fingerprint density at radius 2 is 1.95 bits per heavy atom. The van der Waals surface area contributed by atoms with Crippen molar-refractivity contribution in [1.82, 2.24) is 5.43 Å². The van der Waals surface area contributed by atoms with Crippen molar-refractivity contribution in [2.75, 3.05) is 19.0 Å². The molecule has 0 aliphatic rings. The molecular formula is C15H17ClFN3. The quantitative estimate of drug-likeness (QED) is 0.672. The van der Waals surface area contributed by atoms with Gasteiger partial charge in [0, 0.05) is 24.8 Å². The van der Waals surface area contributed by atoms with Crippen LogP contribution < -0.4 is 16.2 Å². The predicted molar refractivity (Wildman–Crippen MR) is 81.3 cm³/mol. The first-order valence-corrected chi connectivity index (χ1v) is 6.59. The summed E-state index contributed by atoms with van der Waals surface area (Å²) in [5, 5.41) is 0.476. The number of rotatable bonds is 4. The zero-order valence-electron chi connectivity index (χ0n) is 11.4. The number of halogens is 2. The molecule has 3 nitrogen and oxygen atoms in total. The van der Waals surface area contributed by atoms with Crippen molar-refractivity contribution in [3.8, 4) is 0 Å². The highest BCUT2D eigenvalue weighted by Crippen LogP contribution is 2.30. The van der Waals surface area contributed by atoms with Gasteiger partial charge in [0.05, 0.1) is 6.04 Å². The van der Waals surface area contributed by atoms with Crippen molar-refractivity contribution >= 4 is 17.3 Å². The van der Waals surface area contributed by atoms with E-state index in [1.54, 1.807) is 0 Å². The Kier molecular flexibility index (Phi) is 4.60. The number of nitrogens with one attached hydrogen (secondary N) is 1. The minimum absolute atomic E-state index is 0.339. The van der Waals surface area contributed by atoms with Crippen molar-refractivity contribution in [2.24, 2.45) is 5.84 Å². The Morgan fingerprint density at radius 3 is 2.60 bits per heavy atom. The van der Waals surface area contributed by atoms with Crippen molar-refractivity contribution in [3.05, 3.63) is 64.4 Å². The molecule has 0 aliphatic carbocycles. The monoisotopic (exact) mass is 293 g/mol. The number of hydrogen-bond donors (Lipinski definition) is 2. The zero-order chi connectivity index (χ0) is 14.7. The Morgan fingerprint density at radius 1 is 1.20 bits per heavy atom. The molecule has 0 saturated carbocycles. The van der Waals surface area contributed by atoms with Crippen LogP contribution in [0.3, 0.4) is 0 Å². The molecule has 20 heavy (non-hydrogen) atoms. The Balaban J connectivity index is 2.46. The van der Waals surface area contributed by atoms with E-state index in [0.717, 1.165) is 11.3 Å². The maximum absolute atomic E-state index is 13.4. The standard InChI is InChI=1S/C15H17ClFN3/c1-20(2)12-5-3-4-10(8-12)15(19-18)13-9-11(17)6-7-14(13)16/h3-9,15,19H,18H2,1-2H3. The molecular weight excluding hydrogens is 277 g/mol. The second-order valence-electron chi connectivity index (χ2n) is 4.75. The highest BCUT2D eigenvalue weighted by atomic mass is 35.5. The van der Waals surface area contributed by atoms with E-state index in [0.29, 0.717) is 10.6 Å². The van der Waals surface area contributed by atoms with Gasteiger partial charge in [0.25, 0.3) is 0 Å². The van der Waals surface area contributed by atoms with Crippen LogP contribution in [0, 0.1) is 5.82 Å². The normalized spacial score (nSPS) is 12.2. The molecule has 0 heterocycles. The Hall–Kier alpha value is -1.62. The van der Waals surface area contributed by atoms with Crippen LogP contribution in [0.2, 0.25) is 5.02 Å². The fourth-order valence-electron chi connectivity index (χ4n) is 2.08. The van der Waals surface area contributed by atoms with Crippen LogP contribution in [0.4, 0.5) is 10.1 Å². The smallest absolute Gasteiger partial charge is 0.123 e. The summed E-state index contributed by atoms with van der Waals surface area (Å²) in [4.78, 5) is 1.99. The SMILES string of the molecule is CN(C)c1cccc(C(NN)c2cc(F)ccc2Cl)c1. The van der Waals surface area contributed by atoms with E-state index in [9.17, 15) is 4.39 Å². The number of benzene rings is 2. The highest BCUT2D eigenvalue weighted by molar-refractivity contribution is 6.31. The lowest BCUT2D eigenvalue weighted by atomic mass is 9.98. The van der Waals surface area contributed by atoms with Gasteiger partial charge in [-0.05, 0) is 41.5 Å². The number of nitrogens with zero attached hydrogens (tertiary/aromatic N) is 1. The summed E-state index contributed by atoms with van der Waals surface area (Å²) < 4.78 is 13.4. The lowest BCUT2D eigenvalue weighted by Crippen LogP contribution is -2.29. The van der Waals surface area contributed by atoms with Crippen molar-refractivity contribution in [1.29, 1.82) is 0 Å². The third kappa shape index (κ3) is 3.10. The van der Waals surface area contributed by atoms with Crippen LogP contribution in [0.25, 0.3) is 0 Å². The third-order valence-corrected chi connectivity index (χ3v) is 3.50. The van der Waals surface area contributed by atoms with Gasteiger partial charge in [-0.3, -0.25) is 5.84 Å². The molecule has 106 valence electrons. The molecule has 2 rings (SSSR count). The van der Waals surface area contributed by atoms with Gasteiger partial charge in [-0.1, -0.05) is 23.7 Å². The second kappa shape index (κ2) is 6.22. The third-order valence-electron chi connectivity index (χ3n) is 3.16. The van der Waals surface area contributed by atoms with Crippen LogP contribution in [0.5, 0.6) is 0 Å². The molecule has 0 bridgehead atoms. The molecule has 0 amide bonds. The minimum Gasteiger partial charge on any atom is -0.378 e. The van der Waals surface area contributed by atoms with E-state index >= 15 is 0 Å². The van der Waals surface area contributed by atoms with Crippen molar-refractivity contribution in [2.45, 2.75) is 6.04 Å². The molecule has 2 aromatic rings. The summed E-state index contributed by atoms with van der Waals surface area (Å²) >= 11 is 6.15. The maximum atomic E-state index is 13.4. The van der Waals surface area contributed by atoms with Gasteiger partial charge in [-0.15, -0.1) is 0 Å². The molecule has 5 heteroatoms. The van der Waals surface area contributed by atoms with E-state index in [4.69, 9.17) is 17.4 Å². The highest BCUT2D eigenvalue weighted by Gasteiger charge is 2.17. The van der Waals surface area contributed by atoms with E-state index in [1.165, 1.54) is 18.2 Å². The molecule has 0 fully saturated rings.